The molecule has 94 valence electrons. The van der Waals surface area contributed by atoms with Gasteiger partial charge in [-0.1, -0.05) is 0 Å². The molecule has 18 heavy (non-hydrogen) atoms. The topological polar surface area (TPSA) is 47.0 Å². The van der Waals surface area contributed by atoms with Crippen molar-refractivity contribution in [2.45, 2.75) is 11.8 Å². The molecule has 0 saturated carbocycles. The predicted octanol–water partition coefficient (Wildman–Crippen LogP) is 3.13. The molecule has 1 aromatic carbocycles. The van der Waals surface area contributed by atoms with Crippen molar-refractivity contribution in [3.8, 4) is 5.75 Å². The number of nitrogens with one attached hydrogen (secondary N) is 1. The van der Waals surface area contributed by atoms with E-state index in [4.69, 9.17) is 4.74 Å². The molecule has 0 unspecified atom stereocenters. The van der Waals surface area contributed by atoms with E-state index in [2.05, 4.69) is 14.7 Å². The van der Waals surface area contributed by atoms with Crippen LogP contribution in [-0.4, -0.2) is 16.6 Å². The van der Waals surface area contributed by atoms with Gasteiger partial charge in [0.1, 0.15) is 23.7 Å². The molecule has 4 nitrogen and oxygen atoms in total. The van der Waals surface area contributed by atoms with Crippen LogP contribution in [0.4, 0.5) is 10.2 Å². The lowest BCUT2D eigenvalue weighted by Crippen LogP contribution is -1.94. The Kier molecular flexibility index (Phi) is 4.35. The van der Waals surface area contributed by atoms with Gasteiger partial charge in [0, 0.05) is 12.3 Å². The first-order valence-electron chi connectivity index (χ1n) is 5.41. The van der Waals surface area contributed by atoms with Gasteiger partial charge in [-0.2, -0.15) is 0 Å². The zero-order valence-corrected chi connectivity index (χ0v) is 10.6. The largest absolute Gasteiger partial charge is 0.494 e. The van der Waals surface area contributed by atoms with Gasteiger partial charge >= 0.3 is 0 Å². The van der Waals surface area contributed by atoms with Gasteiger partial charge in [0.25, 0.3) is 0 Å². The number of nitrogens with zero attached hydrogens (tertiary/aromatic N) is 2. The summed E-state index contributed by atoms with van der Waals surface area (Å²) >= 11 is 1.16. The van der Waals surface area contributed by atoms with Crippen molar-refractivity contribution in [3.63, 3.8) is 0 Å². The van der Waals surface area contributed by atoms with Gasteiger partial charge in [-0.25, -0.2) is 14.4 Å². The Morgan fingerprint density at radius 2 is 2.28 bits per heavy atom. The fraction of sp³-hybridized carbons (Fsp3) is 0.167. The van der Waals surface area contributed by atoms with Gasteiger partial charge in [-0.05, 0) is 37.1 Å². The smallest absolute Gasteiger partial charge is 0.142 e. The molecule has 0 atom stereocenters. The average Bonchev–Trinajstić information content (AvgIpc) is 2.39. The SMILES string of the molecule is CCOc1ccc(SNc2ccncn2)c(F)c1. The first-order valence-corrected chi connectivity index (χ1v) is 6.22. The number of halogens is 1. The summed E-state index contributed by atoms with van der Waals surface area (Å²) in [5.74, 6) is 0.831. The van der Waals surface area contributed by atoms with Gasteiger partial charge in [0.2, 0.25) is 0 Å². The van der Waals surface area contributed by atoms with Gasteiger partial charge in [0.05, 0.1) is 11.5 Å². The summed E-state index contributed by atoms with van der Waals surface area (Å²) in [6.07, 6.45) is 3.04. The second-order valence-corrected chi connectivity index (χ2v) is 4.17. The minimum absolute atomic E-state index is 0.326. The van der Waals surface area contributed by atoms with E-state index in [-0.39, 0.29) is 5.82 Å². The minimum atomic E-state index is -0.326. The zero-order valence-electron chi connectivity index (χ0n) is 9.76. The summed E-state index contributed by atoms with van der Waals surface area (Å²) < 4.78 is 21.9. The van der Waals surface area contributed by atoms with Crippen molar-refractivity contribution in [1.29, 1.82) is 0 Å². The Hall–Kier alpha value is -1.82. The van der Waals surface area contributed by atoms with Crippen LogP contribution >= 0.6 is 11.9 Å². The highest BCUT2D eigenvalue weighted by molar-refractivity contribution is 8.00. The summed E-state index contributed by atoms with van der Waals surface area (Å²) in [5.41, 5.74) is 0. The van der Waals surface area contributed by atoms with Crippen molar-refractivity contribution >= 4 is 17.8 Å². The van der Waals surface area contributed by atoms with E-state index in [0.29, 0.717) is 23.1 Å². The molecule has 0 bridgehead atoms. The van der Waals surface area contributed by atoms with Crippen LogP contribution < -0.4 is 9.46 Å². The molecule has 2 rings (SSSR count). The van der Waals surface area contributed by atoms with E-state index < -0.39 is 0 Å². The molecule has 0 aliphatic rings. The van der Waals surface area contributed by atoms with Crippen LogP contribution in [0.3, 0.4) is 0 Å². The van der Waals surface area contributed by atoms with Gasteiger partial charge in [-0.15, -0.1) is 0 Å². The molecule has 0 spiro atoms. The van der Waals surface area contributed by atoms with Gasteiger partial charge < -0.3 is 9.46 Å². The van der Waals surface area contributed by atoms with E-state index in [1.807, 2.05) is 6.92 Å². The van der Waals surface area contributed by atoms with Crippen molar-refractivity contribution in [3.05, 3.63) is 42.6 Å². The van der Waals surface area contributed by atoms with Crippen LogP contribution in [0.5, 0.6) is 5.75 Å². The van der Waals surface area contributed by atoms with Crippen LogP contribution in [0.1, 0.15) is 6.92 Å². The lowest BCUT2D eigenvalue weighted by Gasteiger charge is -2.07. The summed E-state index contributed by atoms with van der Waals surface area (Å²) in [6.45, 7) is 2.38. The second kappa shape index (κ2) is 6.20. The van der Waals surface area contributed by atoms with Crippen molar-refractivity contribution in [2.75, 3.05) is 11.3 Å². The highest BCUT2D eigenvalue weighted by Crippen LogP contribution is 2.25. The van der Waals surface area contributed by atoms with Crippen molar-refractivity contribution < 1.29 is 9.13 Å². The Labute approximate surface area is 109 Å². The number of aromatic nitrogens is 2. The van der Waals surface area contributed by atoms with Crippen molar-refractivity contribution in [2.24, 2.45) is 0 Å². The molecule has 6 heteroatoms. The van der Waals surface area contributed by atoms with Crippen LogP contribution in [0, 0.1) is 5.82 Å². The van der Waals surface area contributed by atoms with E-state index in [1.165, 1.54) is 12.4 Å². The average molecular weight is 265 g/mol. The number of hydrogen-bond acceptors (Lipinski definition) is 5. The lowest BCUT2D eigenvalue weighted by molar-refractivity contribution is 0.337. The Morgan fingerprint density at radius 1 is 1.39 bits per heavy atom. The molecule has 0 saturated heterocycles. The Bertz CT molecular complexity index is 510. The van der Waals surface area contributed by atoms with Crippen molar-refractivity contribution in [1.82, 2.24) is 9.97 Å². The third-order valence-corrected chi connectivity index (χ3v) is 2.92. The number of hydrogen-bond donors (Lipinski definition) is 1. The first kappa shape index (κ1) is 12.6. The van der Waals surface area contributed by atoms with E-state index in [9.17, 15) is 4.39 Å². The zero-order chi connectivity index (χ0) is 12.8. The molecule has 0 fully saturated rings. The molecule has 1 aromatic heterocycles. The quantitative estimate of drug-likeness (QED) is 0.842. The maximum absolute atomic E-state index is 13.7. The van der Waals surface area contributed by atoms with Crippen LogP contribution in [0.25, 0.3) is 0 Å². The summed E-state index contributed by atoms with van der Waals surface area (Å²) in [5, 5.41) is 0. The molecule has 0 aliphatic carbocycles. The van der Waals surface area contributed by atoms with E-state index in [1.54, 1.807) is 24.4 Å². The minimum Gasteiger partial charge on any atom is -0.494 e. The lowest BCUT2D eigenvalue weighted by atomic mass is 10.3. The number of anilines is 1. The molecular formula is C12H12FN3OS. The highest BCUT2D eigenvalue weighted by atomic mass is 32.2. The van der Waals surface area contributed by atoms with Crippen LogP contribution in [0.15, 0.2) is 41.7 Å². The number of ether oxygens (including phenoxy) is 1. The number of rotatable bonds is 5. The summed E-state index contributed by atoms with van der Waals surface area (Å²) in [4.78, 5) is 8.26. The highest BCUT2D eigenvalue weighted by Gasteiger charge is 2.05. The first-order chi connectivity index (χ1) is 8.79. The second-order valence-electron chi connectivity index (χ2n) is 3.32. The number of benzene rings is 1. The summed E-state index contributed by atoms with van der Waals surface area (Å²) in [6, 6.07) is 6.47. The summed E-state index contributed by atoms with van der Waals surface area (Å²) in [7, 11) is 0. The maximum Gasteiger partial charge on any atom is 0.142 e. The van der Waals surface area contributed by atoms with Crippen LogP contribution in [-0.2, 0) is 0 Å². The normalized spacial score (nSPS) is 10.1. The van der Waals surface area contributed by atoms with E-state index in [0.717, 1.165) is 11.9 Å². The molecule has 0 aliphatic heterocycles. The predicted molar refractivity (Wildman–Crippen MR) is 69.1 cm³/mol. The molecule has 0 amide bonds. The Morgan fingerprint density at radius 3 is 2.94 bits per heavy atom. The third kappa shape index (κ3) is 3.33. The van der Waals surface area contributed by atoms with Gasteiger partial charge in [-0.3, -0.25) is 0 Å². The fourth-order valence-electron chi connectivity index (χ4n) is 1.28. The standard InChI is InChI=1S/C12H12FN3OS/c1-2-17-9-3-4-11(10(13)7-9)18-16-12-5-6-14-8-15-12/h3-8H,2H2,1H3,(H,14,15,16). The maximum atomic E-state index is 13.7. The van der Waals surface area contributed by atoms with Crippen LogP contribution in [0.2, 0.25) is 0 Å². The molecular weight excluding hydrogens is 253 g/mol. The fourth-order valence-corrected chi connectivity index (χ4v) is 1.91. The molecule has 2 aromatic rings. The van der Waals surface area contributed by atoms with E-state index >= 15 is 0 Å². The van der Waals surface area contributed by atoms with Gasteiger partial charge in [0.15, 0.2) is 0 Å². The molecule has 1 N–H and O–H groups in total. The molecule has 1 heterocycles. The Balaban J connectivity index is 2.01. The third-order valence-electron chi connectivity index (χ3n) is 2.06. The molecule has 0 radical (unpaired) electrons. The monoisotopic (exact) mass is 265 g/mol.